The molecule has 13 nitrogen and oxygen atoms in total. The fourth-order valence-electron chi connectivity index (χ4n) is 3.12. The Balaban J connectivity index is 2.03. The van der Waals surface area contributed by atoms with Gasteiger partial charge in [0.25, 0.3) is 25.9 Å². The molecule has 35 heavy (non-hydrogen) atoms. The minimum Gasteiger partial charge on any atom is -0.282 e. The van der Waals surface area contributed by atoms with Gasteiger partial charge in [0.2, 0.25) is 0 Å². The van der Waals surface area contributed by atoms with Crippen molar-refractivity contribution in [1.29, 1.82) is 0 Å². The van der Waals surface area contributed by atoms with Crippen LogP contribution in [-0.2, 0) is 20.2 Å². The number of tetrazole rings is 1. The first-order valence-electron chi connectivity index (χ1n) is 9.34. The fraction of sp³-hybridized carbons (Fsp3) is 0. The SMILES string of the molecule is O=[N+]([O-])c1ccc(-[n+]2c(-c3cc(S(=O)(=O)O)cc(S(=O)(=O)O)c3)nnn2-c2ccc(I)cc2)cc1. The van der Waals surface area contributed by atoms with Gasteiger partial charge in [-0.3, -0.25) is 19.2 Å². The normalized spacial score (nSPS) is 12.0. The third-order valence-corrected chi connectivity index (χ3v) is 7.09. The van der Waals surface area contributed by atoms with Crippen LogP contribution in [0.2, 0.25) is 0 Å². The smallest absolute Gasteiger partial charge is 0.282 e. The summed E-state index contributed by atoms with van der Waals surface area (Å²) in [6.07, 6.45) is 0. The van der Waals surface area contributed by atoms with E-state index >= 15 is 0 Å². The summed E-state index contributed by atoms with van der Waals surface area (Å²) in [4.78, 5) is 10.2. The van der Waals surface area contributed by atoms with Crippen LogP contribution in [0.4, 0.5) is 5.69 Å². The second-order valence-electron chi connectivity index (χ2n) is 7.01. The van der Waals surface area contributed by atoms with Crippen molar-refractivity contribution >= 4 is 48.5 Å². The Morgan fingerprint density at radius 2 is 1.43 bits per heavy atom. The standard InChI is InChI=1S/C19H12IN5O8S2/c20-13-1-3-15(4-2-13)24-22-21-19(23(24)14-5-7-16(8-6-14)25(26)27)12-9-17(34(28,29)30)11-18(10-12)35(31,32)33/h1-11H,(H-,28,29,30,31,32,33)/p+1. The van der Waals surface area contributed by atoms with Crippen molar-refractivity contribution in [2.45, 2.75) is 9.79 Å². The highest BCUT2D eigenvalue weighted by Crippen LogP contribution is 2.25. The largest absolute Gasteiger partial charge is 0.337 e. The number of halogens is 1. The third kappa shape index (κ3) is 5.20. The Labute approximate surface area is 211 Å². The highest BCUT2D eigenvalue weighted by molar-refractivity contribution is 14.1. The van der Waals surface area contributed by atoms with Gasteiger partial charge in [-0.05, 0) is 82.0 Å². The van der Waals surface area contributed by atoms with Crippen molar-refractivity contribution in [2.24, 2.45) is 0 Å². The van der Waals surface area contributed by atoms with E-state index in [0.29, 0.717) is 17.4 Å². The van der Waals surface area contributed by atoms with Crippen molar-refractivity contribution in [3.63, 3.8) is 0 Å². The Hall–Kier alpha value is -3.32. The number of nitro benzene ring substituents is 1. The van der Waals surface area contributed by atoms with Crippen molar-refractivity contribution in [2.75, 3.05) is 0 Å². The lowest BCUT2D eigenvalue weighted by molar-refractivity contribution is -0.669. The molecule has 4 rings (SSSR count). The van der Waals surface area contributed by atoms with E-state index in [1.54, 1.807) is 24.3 Å². The molecule has 0 amide bonds. The summed E-state index contributed by atoms with van der Waals surface area (Å²) < 4.78 is 68.4. The van der Waals surface area contributed by atoms with Gasteiger partial charge < -0.3 is 0 Å². The predicted octanol–water partition coefficient (Wildman–Crippen LogP) is 2.22. The van der Waals surface area contributed by atoms with Crippen LogP contribution >= 0.6 is 22.6 Å². The second-order valence-corrected chi connectivity index (χ2v) is 11.1. The second kappa shape index (κ2) is 9.04. The van der Waals surface area contributed by atoms with Crippen molar-refractivity contribution < 1.29 is 35.5 Å². The molecular formula is C19H13IN5O8S2+. The molecule has 0 atom stereocenters. The number of nitro groups is 1. The van der Waals surface area contributed by atoms with Crippen LogP contribution in [0.25, 0.3) is 22.8 Å². The zero-order valence-electron chi connectivity index (χ0n) is 17.1. The van der Waals surface area contributed by atoms with E-state index in [2.05, 4.69) is 32.9 Å². The lowest BCUT2D eigenvalue weighted by atomic mass is 10.2. The first kappa shape index (κ1) is 24.8. The molecule has 0 unspecified atom stereocenters. The van der Waals surface area contributed by atoms with E-state index in [9.17, 15) is 36.1 Å². The summed E-state index contributed by atoms with van der Waals surface area (Å²) in [6, 6.07) is 14.7. The number of aromatic nitrogens is 4. The number of non-ortho nitro benzene ring substituents is 1. The van der Waals surface area contributed by atoms with Gasteiger partial charge in [0.1, 0.15) is 16.5 Å². The topological polar surface area (TPSA) is 186 Å². The summed E-state index contributed by atoms with van der Waals surface area (Å²) in [5.41, 5.74) is 0.484. The minimum atomic E-state index is -4.87. The number of rotatable bonds is 6. The predicted molar refractivity (Wildman–Crippen MR) is 127 cm³/mol. The number of nitrogens with zero attached hydrogens (tertiary/aromatic N) is 5. The van der Waals surface area contributed by atoms with E-state index in [4.69, 9.17) is 0 Å². The Morgan fingerprint density at radius 3 is 1.91 bits per heavy atom. The molecule has 0 fully saturated rings. The monoisotopic (exact) mass is 630 g/mol. The molecule has 2 N–H and O–H groups in total. The average molecular weight is 630 g/mol. The minimum absolute atomic E-state index is 0.0900. The van der Waals surface area contributed by atoms with Crippen LogP contribution in [0.1, 0.15) is 0 Å². The van der Waals surface area contributed by atoms with Gasteiger partial charge in [-0.25, -0.2) is 0 Å². The van der Waals surface area contributed by atoms with Gasteiger partial charge >= 0.3 is 5.82 Å². The molecule has 16 heteroatoms. The third-order valence-electron chi connectivity index (χ3n) is 4.71. The Bertz CT molecular complexity index is 1620. The molecule has 0 radical (unpaired) electrons. The molecule has 3 aromatic carbocycles. The quantitative estimate of drug-likeness (QED) is 0.105. The number of hydrogen-bond donors (Lipinski definition) is 2. The van der Waals surface area contributed by atoms with Crippen LogP contribution in [0.3, 0.4) is 0 Å². The van der Waals surface area contributed by atoms with Crippen molar-refractivity contribution in [3.05, 3.63) is 80.4 Å². The molecule has 0 saturated heterocycles. The maximum Gasteiger partial charge on any atom is 0.337 e. The molecule has 4 aromatic rings. The van der Waals surface area contributed by atoms with Gasteiger partial charge in [0.15, 0.2) is 5.21 Å². The Morgan fingerprint density at radius 1 is 0.886 bits per heavy atom. The number of benzene rings is 3. The molecule has 0 saturated carbocycles. The molecule has 0 spiro atoms. The lowest BCUT2D eigenvalue weighted by Gasteiger charge is -2.07. The Kier molecular flexibility index (Phi) is 6.40. The fourth-order valence-corrected chi connectivity index (χ4v) is 4.66. The van der Waals surface area contributed by atoms with Crippen LogP contribution in [0, 0.1) is 13.7 Å². The zero-order chi connectivity index (χ0) is 25.5. The van der Waals surface area contributed by atoms with E-state index < -0.39 is 35.0 Å². The summed E-state index contributed by atoms with van der Waals surface area (Å²) in [5, 5.41) is 19.2. The van der Waals surface area contributed by atoms with E-state index in [1.807, 2.05) is 0 Å². The summed E-state index contributed by atoms with van der Waals surface area (Å²) in [5.74, 6) is -0.0900. The van der Waals surface area contributed by atoms with E-state index in [0.717, 1.165) is 15.7 Å². The first-order chi connectivity index (χ1) is 16.3. The maximum absolute atomic E-state index is 11.8. The number of hydrogen-bond acceptors (Lipinski definition) is 8. The van der Waals surface area contributed by atoms with Crippen LogP contribution < -0.4 is 4.68 Å². The molecular weight excluding hydrogens is 617 g/mol. The van der Waals surface area contributed by atoms with Gasteiger partial charge in [0, 0.05) is 15.7 Å². The molecule has 0 aliphatic heterocycles. The van der Waals surface area contributed by atoms with Gasteiger partial charge in [0.05, 0.1) is 20.3 Å². The summed E-state index contributed by atoms with van der Waals surface area (Å²) >= 11 is 2.11. The molecule has 1 aromatic heterocycles. The van der Waals surface area contributed by atoms with Crippen LogP contribution in [0.5, 0.6) is 0 Å². The molecule has 0 aliphatic carbocycles. The average Bonchev–Trinajstić information content (AvgIpc) is 3.23. The van der Waals surface area contributed by atoms with Crippen LogP contribution in [0.15, 0.2) is 76.5 Å². The molecule has 0 aliphatic rings. The molecule has 0 bridgehead atoms. The van der Waals surface area contributed by atoms with E-state index in [1.165, 1.54) is 33.7 Å². The maximum atomic E-state index is 11.8. The first-order valence-corrected chi connectivity index (χ1v) is 13.3. The molecule has 1 heterocycles. The zero-order valence-corrected chi connectivity index (χ0v) is 20.9. The summed E-state index contributed by atoms with van der Waals surface area (Å²) in [7, 11) is -9.75. The lowest BCUT2D eigenvalue weighted by Crippen LogP contribution is -2.42. The molecule has 180 valence electrons. The van der Waals surface area contributed by atoms with Crippen molar-refractivity contribution in [1.82, 2.24) is 15.1 Å². The van der Waals surface area contributed by atoms with Gasteiger partial charge in [-0.2, -0.15) is 16.8 Å². The van der Waals surface area contributed by atoms with Crippen molar-refractivity contribution in [3.8, 4) is 22.8 Å². The van der Waals surface area contributed by atoms with Crippen LogP contribution in [-0.4, -0.2) is 46.0 Å². The van der Waals surface area contributed by atoms with E-state index in [-0.39, 0.29) is 17.1 Å². The van der Waals surface area contributed by atoms with Gasteiger partial charge in [-0.15, -0.1) is 4.68 Å². The highest BCUT2D eigenvalue weighted by atomic mass is 127. The summed E-state index contributed by atoms with van der Waals surface area (Å²) in [6.45, 7) is 0. The van der Waals surface area contributed by atoms with Gasteiger partial charge in [-0.1, -0.05) is 0 Å². The highest BCUT2D eigenvalue weighted by Gasteiger charge is 2.29.